The molecule has 0 saturated carbocycles. The molecule has 3 aromatic rings. The molecule has 7 heteroatoms. The summed E-state index contributed by atoms with van der Waals surface area (Å²) >= 11 is 0. The van der Waals surface area contributed by atoms with Crippen LogP contribution < -0.4 is 15.5 Å². The van der Waals surface area contributed by atoms with Gasteiger partial charge in [0.05, 0.1) is 0 Å². The molecule has 3 heterocycles. The van der Waals surface area contributed by atoms with E-state index in [0.29, 0.717) is 5.65 Å². The molecule has 0 spiro atoms. The van der Waals surface area contributed by atoms with Crippen molar-refractivity contribution in [3.05, 3.63) is 53.2 Å². The van der Waals surface area contributed by atoms with Crippen LogP contribution in [0, 0.1) is 0 Å². The third-order valence-electron chi connectivity index (χ3n) is 4.02. The zero-order valence-corrected chi connectivity index (χ0v) is 12.0. The van der Waals surface area contributed by atoms with Gasteiger partial charge >= 0.3 is 5.69 Å². The first-order valence-electron chi connectivity index (χ1n) is 7.29. The molecular formula is C15H16N6O. The van der Waals surface area contributed by atoms with Crippen molar-refractivity contribution in [3.8, 4) is 0 Å². The Morgan fingerprint density at radius 2 is 1.73 bits per heavy atom. The third kappa shape index (κ3) is 2.20. The average molecular weight is 296 g/mol. The minimum absolute atomic E-state index is 0.261. The highest BCUT2D eigenvalue weighted by Gasteiger charge is 2.18. The van der Waals surface area contributed by atoms with E-state index in [4.69, 9.17) is 0 Å². The molecule has 1 saturated heterocycles. The number of para-hydroxylation sites is 1. The van der Waals surface area contributed by atoms with E-state index in [0.717, 1.165) is 32.0 Å². The van der Waals surface area contributed by atoms with Gasteiger partial charge in [-0.2, -0.15) is 5.10 Å². The molecule has 1 aliphatic rings. The maximum absolute atomic E-state index is 11.5. The first-order chi connectivity index (χ1) is 10.8. The van der Waals surface area contributed by atoms with Crippen molar-refractivity contribution in [2.24, 2.45) is 0 Å². The molecule has 0 radical (unpaired) electrons. The van der Waals surface area contributed by atoms with Crippen molar-refractivity contribution in [2.75, 3.05) is 36.0 Å². The van der Waals surface area contributed by atoms with Crippen LogP contribution in [0.2, 0.25) is 0 Å². The molecule has 1 aromatic carbocycles. The Labute approximate surface area is 126 Å². The lowest BCUT2D eigenvalue weighted by Crippen LogP contribution is -2.46. The fourth-order valence-corrected chi connectivity index (χ4v) is 2.81. The van der Waals surface area contributed by atoms with Crippen LogP contribution in [0.15, 0.2) is 47.5 Å². The van der Waals surface area contributed by atoms with E-state index >= 15 is 0 Å². The van der Waals surface area contributed by atoms with Gasteiger partial charge in [0.15, 0.2) is 5.65 Å². The summed E-state index contributed by atoms with van der Waals surface area (Å²) in [5.74, 6) is 0.860. The number of nitrogens with zero attached hydrogens (tertiary/aromatic N) is 5. The molecule has 0 aliphatic carbocycles. The van der Waals surface area contributed by atoms with Crippen molar-refractivity contribution in [2.45, 2.75) is 0 Å². The summed E-state index contributed by atoms with van der Waals surface area (Å²) in [5.41, 5.74) is 1.59. The number of fused-ring (bicyclic) bond motifs is 1. The monoisotopic (exact) mass is 296 g/mol. The Morgan fingerprint density at radius 1 is 1.00 bits per heavy atom. The van der Waals surface area contributed by atoms with Gasteiger partial charge in [0.1, 0.15) is 12.1 Å². The molecule has 7 nitrogen and oxygen atoms in total. The van der Waals surface area contributed by atoms with Crippen LogP contribution in [0.25, 0.3) is 5.65 Å². The lowest BCUT2D eigenvalue weighted by molar-refractivity contribution is 0.646. The molecular weight excluding hydrogens is 280 g/mol. The second-order valence-corrected chi connectivity index (χ2v) is 5.31. The predicted octanol–water partition coefficient (Wildman–Crippen LogP) is 0.744. The van der Waals surface area contributed by atoms with Crippen molar-refractivity contribution in [1.82, 2.24) is 19.6 Å². The molecule has 4 rings (SSSR count). The Bertz CT molecular complexity index is 832. The molecule has 0 amide bonds. The number of H-pyrrole nitrogens is 1. The highest BCUT2D eigenvalue weighted by molar-refractivity contribution is 5.53. The zero-order valence-electron chi connectivity index (χ0n) is 12.0. The summed E-state index contributed by atoms with van der Waals surface area (Å²) in [6, 6.07) is 12.3. The first kappa shape index (κ1) is 12.9. The van der Waals surface area contributed by atoms with E-state index in [1.54, 1.807) is 0 Å². The van der Waals surface area contributed by atoms with E-state index in [1.165, 1.54) is 16.4 Å². The van der Waals surface area contributed by atoms with Gasteiger partial charge in [-0.25, -0.2) is 19.3 Å². The Balaban J connectivity index is 1.51. The van der Waals surface area contributed by atoms with E-state index in [1.807, 2.05) is 12.1 Å². The van der Waals surface area contributed by atoms with Gasteiger partial charge in [-0.05, 0) is 12.1 Å². The maximum atomic E-state index is 11.5. The standard InChI is InChI=1S/C15H16N6O/c22-15-18-17-14-10-13(16-11-21(14)15)20-8-6-19(7-9-20)12-4-2-1-3-5-12/h1-5,10-11H,6-9H2,(H,18,22). The number of benzene rings is 1. The highest BCUT2D eigenvalue weighted by atomic mass is 16.1. The number of hydrogen-bond donors (Lipinski definition) is 1. The molecule has 112 valence electrons. The number of aromatic amines is 1. The molecule has 1 aliphatic heterocycles. The van der Waals surface area contributed by atoms with Gasteiger partial charge in [-0.1, -0.05) is 18.2 Å². The van der Waals surface area contributed by atoms with Crippen molar-refractivity contribution in [3.63, 3.8) is 0 Å². The van der Waals surface area contributed by atoms with Crippen molar-refractivity contribution in [1.29, 1.82) is 0 Å². The van der Waals surface area contributed by atoms with Gasteiger partial charge in [-0.15, -0.1) is 0 Å². The van der Waals surface area contributed by atoms with Gasteiger partial charge < -0.3 is 9.80 Å². The lowest BCUT2D eigenvalue weighted by Gasteiger charge is -2.36. The number of aromatic nitrogens is 4. The number of hydrogen-bond acceptors (Lipinski definition) is 5. The summed E-state index contributed by atoms with van der Waals surface area (Å²) < 4.78 is 1.41. The smallest absolute Gasteiger partial charge is 0.348 e. The summed E-state index contributed by atoms with van der Waals surface area (Å²) in [7, 11) is 0. The Morgan fingerprint density at radius 3 is 2.50 bits per heavy atom. The molecule has 1 N–H and O–H groups in total. The molecule has 22 heavy (non-hydrogen) atoms. The fourth-order valence-electron chi connectivity index (χ4n) is 2.81. The molecule has 1 fully saturated rings. The first-order valence-corrected chi connectivity index (χ1v) is 7.29. The quantitative estimate of drug-likeness (QED) is 0.755. The second kappa shape index (κ2) is 5.18. The largest absolute Gasteiger partial charge is 0.368 e. The molecule has 0 atom stereocenters. The van der Waals surface area contributed by atoms with E-state index < -0.39 is 0 Å². The minimum atomic E-state index is -0.261. The zero-order chi connectivity index (χ0) is 14.9. The van der Waals surface area contributed by atoms with Crippen molar-refractivity contribution < 1.29 is 0 Å². The predicted molar refractivity (Wildman–Crippen MR) is 84.5 cm³/mol. The van der Waals surface area contributed by atoms with Gasteiger partial charge in [0.2, 0.25) is 0 Å². The van der Waals surface area contributed by atoms with Crippen LogP contribution in [0.4, 0.5) is 11.5 Å². The average Bonchev–Trinajstić information content (AvgIpc) is 2.96. The van der Waals surface area contributed by atoms with Gasteiger partial charge in [0, 0.05) is 37.9 Å². The fraction of sp³-hybridized carbons (Fsp3) is 0.267. The number of anilines is 2. The molecule has 0 unspecified atom stereocenters. The number of rotatable bonds is 2. The topological polar surface area (TPSA) is 69.5 Å². The summed E-state index contributed by atoms with van der Waals surface area (Å²) in [6.07, 6.45) is 1.53. The van der Waals surface area contributed by atoms with Crippen LogP contribution in [0.5, 0.6) is 0 Å². The number of piperazine rings is 1. The van der Waals surface area contributed by atoms with E-state index in [2.05, 4.69) is 49.2 Å². The van der Waals surface area contributed by atoms with Crippen LogP contribution >= 0.6 is 0 Å². The Kier molecular flexibility index (Phi) is 3.03. The van der Waals surface area contributed by atoms with E-state index in [9.17, 15) is 4.79 Å². The van der Waals surface area contributed by atoms with Crippen LogP contribution in [-0.2, 0) is 0 Å². The Hall–Kier alpha value is -2.83. The van der Waals surface area contributed by atoms with Gasteiger partial charge in [-0.3, -0.25) is 0 Å². The summed E-state index contributed by atoms with van der Waals surface area (Å²) in [6.45, 7) is 3.69. The van der Waals surface area contributed by atoms with Crippen molar-refractivity contribution >= 4 is 17.2 Å². The SMILES string of the molecule is O=c1[nH]nc2cc(N3CCN(c4ccccc4)CC3)ncn12. The maximum Gasteiger partial charge on any atom is 0.348 e. The van der Waals surface area contributed by atoms with Crippen LogP contribution in [-0.4, -0.2) is 45.8 Å². The third-order valence-corrected chi connectivity index (χ3v) is 4.02. The molecule has 0 bridgehead atoms. The number of nitrogens with one attached hydrogen (secondary N) is 1. The van der Waals surface area contributed by atoms with E-state index in [-0.39, 0.29) is 5.69 Å². The normalized spacial score (nSPS) is 15.5. The summed E-state index contributed by atoms with van der Waals surface area (Å²) in [5, 5.41) is 6.41. The van der Waals surface area contributed by atoms with Crippen LogP contribution in [0.1, 0.15) is 0 Å². The van der Waals surface area contributed by atoms with Gasteiger partial charge in [0.25, 0.3) is 0 Å². The molecule has 2 aromatic heterocycles. The summed E-state index contributed by atoms with van der Waals surface area (Å²) in [4.78, 5) is 20.4. The highest BCUT2D eigenvalue weighted by Crippen LogP contribution is 2.19. The second-order valence-electron chi connectivity index (χ2n) is 5.31. The minimum Gasteiger partial charge on any atom is -0.368 e. The lowest BCUT2D eigenvalue weighted by atomic mass is 10.2. The van der Waals surface area contributed by atoms with Crippen LogP contribution in [0.3, 0.4) is 0 Å².